The van der Waals surface area contributed by atoms with Crippen LogP contribution in [0.1, 0.15) is 31.5 Å². The number of carbonyl (C=O) groups is 1. The van der Waals surface area contributed by atoms with Crippen molar-refractivity contribution in [2.24, 2.45) is 0 Å². The number of nitrogens with zero attached hydrogens (tertiary/aromatic N) is 1. The van der Waals surface area contributed by atoms with Crippen molar-refractivity contribution in [3.63, 3.8) is 0 Å². The summed E-state index contributed by atoms with van der Waals surface area (Å²) in [5.41, 5.74) is 0.640. The van der Waals surface area contributed by atoms with Crippen LogP contribution in [-0.4, -0.2) is 39.7 Å². The van der Waals surface area contributed by atoms with E-state index in [-0.39, 0.29) is 11.6 Å². The number of alkyl carbamates (subject to hydrolysis) is 1. The molecule has 1 N–H and O–H groups in total. The molecule has 0 aliphatic carbocycles. The summed E-state index contributed by atoms with van der Waals surface area (Å²) in [6.07, 6.45) is -0.504. The van der Waals surface area contributed by atoms with E-state index in [4.69, 9.17) is 4.43 Å². The Balaban J connectivity index is 2.51. The van der Waals surface area contributed by atoms with Crippen LogP contribution in [0.25, 0.3) is 0 Å². The molecule has 1 aromatic rings. The van der Waals surface area contributed by atoms with Crippen LogP contribution >= 0.6 is 11.3 Å². The van der Waals surface area contributed by atoms with Gasteiger partial charge < -0.3 is 14.5 Å². The second kappa shape index (κ2) is 8.88. The second-order valence-electron chi connectivity index (χ2n) is 6.54. The average molecular weight is 365 g/mol. The Hall–Kier alpha value is -1.80. The Morgan fingerprint density at radius 3 is 2.67 bits per heavy atom. The lowest BCUT2D eigenvalue weighted by Crippen LogP contribution is -2.40. The second-order valence-corrected chi connectivity index (χ2v) is 12.2. The fourth-order valence-corrected chi connectivity index (χ4v) is 2.74. The molecule has 130 valence electrons. The maximum atomic E-state index is 10.9. The van der Waals surface area contributed by atoms with E-state index in [0.29, 0.717) is 17.3 Å². The predicted octanol–water partition coefficient (Wildman–Crippen LogP) is 3.22. The van der Waals surface area contributed by atoms with Crippen LogP contribution in [-0.2, 0) is 9.16 Å². The molecule has 0 aliphatic heterocycles. The van der Waals surface area contributed by atoms with E-state index < -0.39 is 14.4 Å². The number of nitrogens with one attached hydrogen (secondary N) is 1. The van der Waals surface area contributed by atoms with Crippen molar-refractivity contribution in [2.75, 3.05) is 20.3 Å². The number of aromatic nitrogens is 1. The van der Waals surface area contributed by atoms with Gasteiger partial charge in [0.2, 0.25) is 0 Å². The van der Waals surface area contributed by atoms with E-state index in [9.17, 15) is 4.79 Å². The lowest BCUT2D eigenvalue weighted by molar-refractivity contribution is 0.172. The molecular formula is C17H24N2O3SSi. The van der Waals surface area contributed by atoms with Gasteiger partial charge in [-0.15, -0.1) is 11.3 Å². The quantitative estimate of drug-likeness (QED) is 0.661. The van der Waals surface area contributed by atoms with Crippen molar-refractivity contribution in [3.05, 3.63) is 16.1 Å². The number of ether oxygens (including phenoxy) is 1. The van der Waals surface area contributed by atoms with Gasteiger partial charge in [0, 0.05) is 5.38 Å². The van der Waals surface area contributed by atoms with Crippen LogP contribution < -0.4 is 5.32 Å². The van der Waals surface area contributed by atoms with Gasteiger partial charge in [0.1, 0.15) is 5.69 Å². The molecule has 24 heavy (non-hydrogen) atoms. The molecule has 0 aliphatic rings. The highest BCUT2D eigenvalue weighted by Gasteiger charge is 2.36. The van der Waals surface area contributed by atoms with Gasteiger partial charge in [-0.3, -0.25) is 0 Å². The van der Waals surface area contributed by atoms with Crippen LogP contribution in [0, 0.1) is 23.7 Å². The van der Waals surface area contributed by atoms with Crippen molar-refractivity contribution >= 4 is 25.7 Å². The Morgan fingerprint density at radius 2 is 2.04 bits per heavy atom. The predicted molar refractivity (Wildman–Crippen MR) is 99.4 cm³/mol. The summed E-state index contributed by atoms with van der Waals surface area (Å²) in [5.74, 6) is 11.7. The molecule has 1 aromatic heterocycles. The number of amides is 1. The highest BCUT2D eigenvalue weighted by Crippen LogP contribution is 2.36. The van der Waals surface area contributed by atoms with Gasteiger partial charge in [-0.05, 0) is 30.0 Å². The smallest absolute Gasteiger partial charge is 0.407 e. The molecule has 0 saturated carbocycles. The Kier molecular flexibility index (Phi) is 7.49. The number of hydrogen-bond donors (Lipinski definition) is 1. The highest BCUT2D eigenvalue weighted by molar-refractivity contribution is 7.10. The SMILES string of the molecule is COC(=O)NCC#Cc1csc(C#CCO[Si](C)(C)C(C)(C)C)n1. The summed E-state index contributed by atoms with van der Waals surface area (Å²) in [7, 11) is -0.450. The van der Waals surface area contributed by atoms with Crippen molar-refractivity contribution in [1.29, 1.82) is 0 Å². The highest BCUT2D eigenvalue weighted by atomic mass is 32.1. The molecule has 0 atom stereocenters. The third-order valence-corrected chi connectivity index (χ3v) is 8.97. The standard InChI is InChI=1S/C17H24N2O3SSi/c1-17(2,3)24(5,6)22-12-8-10-15-19-14(13-23-15)9-7-11-18-16(20)21-4/h13H,11-12H2,1-6H3,(H,18,20). The number of rotatable bonds is 3. The van der Waals surface area contributed by atoms with Crippen molar-refractivity contribution in [3.8, 4) is 23.7 Å². The lowest BCUT2D eigenvalue weighted by Gasteiger charge is -2.35. The monoisotopic (exact) mass is 364 g/mol. The normalized spacial score (nSPS) is 10.9. The molecule has 1 amide bonds. The summed E-state index contributed by atoms with van der Waals surface area (Å²) >= 11 is 1.44. The van der Waals surface area contributed by atoms with Crippen LogP contribution in [0.15, 0.2) is 5.38 Å². The molecular weight excluding hydrogens is 340 g/mol. The number of hydrogen-bond acceptors (Lipinski definition) is 5. The first kappa shape index (κ1) is 20.2. The zero-order chi connectivity index (χ0) is 18.2. The molecule has 0 spiro atoms. The van der Waals surface area contributed by atoms with Crippen LogP contribution in [0.2, 0.25) is 18.1 Å². The summed E-state index contributed by atoms with van der Waals surface area (Å²) in [5, 5.41) is 5.20. The first-order valence-electron chi connectivity index (χ1n) is 7.55. The topological polar surface area (TPSA) is 60.5 Å². The summed E-state index contributed by atoms with van der Waals surface area (Å²) < 4.78 is 10.4. The summed E-state index contributed by atoms with van der Waals surface area (Å²) in [6.45, 7) is 11.6. The number of methoxy groups -OCH3 is 1. The summed E-state index contributed by atoms with van der Waals surface area (Å²) in [6, 6.07) is 0. The van der Waals surface area contributed by atoms with Gasteiger partial charge >= 0.3 is 6.09 Å². The zero-order valence-corrected chi connectivity index (χ0v) is 16.9. The van der Waals surface area contributed by atoms with Crippen molar-refractivity contribution in [2.45, 2.75) is 38.9 Å². The van der Waals surface area contributed by atoms with E-state index >= 15 is 0 Å². The molecule has 0 aromatic carbocycles. The molecule has 0 saturated heterocycles. The first-order chi connectivity index (χ1) is 11.2. The van der Waals surface area contributed by atoms with Gasteiger partial charge in [0.15, 0.2) is 13.3 Å². The number of thiazole rings is 1. The molecule has 0 fully saturated rings. The fourth-order valence-electron chi connectivity index (χ4n) is 1.26. The van der Waals surface area contributed by atoms with Gasteiger partial charge in [-0.25, -0.2) is 9.78 Å². The fraction of sp³-hybridized carbons (Fsp3) is 0.529. The van der Waals surface area contributed by atoms with Gasteiger partial charge in [-0.1, -0.05) is 32.6 Å². The van der Waals surface area contributed by atoms with E-state index in [1.807, 2.05) is 5.38 Å². The largest absolute Gasteiger partial charge is 0.453 e. The minimum absolute atomic E-state index is 0.177. The Bertz CT molecular complexity index is 684. The maximum absolute atomic E-state index is 10.9. The van der Waals surface area contributed by atoms with Crippen molar-refractivity contribution < 1.29 is 14.0 Å². The Labute approximate surface area is 149 Å². The van der Waals surface area contributed by atoms with Crippen LogP contribution in [0.4, 0.5) is 4.79 Å². The minimum Gasteiger partial charge on any atom is -0.453 e. The van der Waals surface area contributed by atoms with E-state index in [2.05, 4.69) is 72.6 Å². The molecule has 0 unspecified atom stereocenters. The van der Waals surface area contributed by atoms with E-state index in [1.165, 1.54) is 18.4 Å². The molecule has 1 rings (SSSR count). The Morgan fingerprint density at radius 1 is 1.33 bits per heavy atom. The van der Waals surface area contributed by atoms with Crippen molar-refractivity contribution in [1.82, 2.24) is 10.3 Å². The summed E-state index contributed by atoms with van der Waals surface area (Å²) in [4.78, 5) is 15.2. The third kappa shape index (κ3) is 6.75. The van der Waals surface area contributed by atoms with Gasteiger partial charge in [-0.2, -0.15) is 0 Å². The van der Waals surface area contributed by atoms with Gasteiger partial charge in [0.05, 0.1) is 20.3 Å². The lowest BCUT2D eigenvalue weighted by atomic mass is 10.2. The van der Waals surface area contributed by atoms with Gasteiger partial charge in [0.25, 0.3) is 0 Å². The zero-order valence-electron chi connectivity index (χ0n) is 15.1. The third-order valence-electron chi connectivity index (χ3n) is 3.73. The number of carbonyl (C=O) groups excluding carboxylic acids is 1. The molecule has 1 heterocycles. The van der Waals surface area contributed by atoms with Crippen LogP contribution in [0.3, 0.4) is 0 Å². The average Bonchev–Trinajstić information content (AvgIpc) is 2.94. The maximum Gasteiger partial charge on any atom is 0.407 e. The molecule has 0 radical (unpaired) electrons. The van der Waals surface area contributed by atoms with E-state index in [1.54, 1.807) is 0 Å². The minimum atomic E-state index is -1.76. The van der Waals surface area contributed by atoms with Crippen LogP contribution in [0.5, 0.6) is 0 Å². The first-order valence-corrected chi connectivity index (χ1v) is 11.3. The molecule has 5 nitrogen and oxygen atoms in total. The van der Waals surface area contributed by atoms with E-state index in [0.717, 1.165) is 0 Å². The molecule has 7 heteroatoms. The molecule has 0 bridgehead atoms.